The first-order chi connectivity index (χ1) is 20.1. The van der Waals surface area contributed by atoms with Gasteiger partial charge in [-0.1, -0.05) is 66.7 Å². The van der Waals surface area contributed by atoms with E-state index in [2.05, 4.69) is 20.4 Å². The maximum Gasteiger partial charge on any atom is 0.298 e. The molecule has 5 aromatic rings. The van der Waals surface area contributed by atoms with Crippen molar-refractivity contribution in [3.8, 4) is 11.4 Å². The van der Waals surface area contributed by atoms with Crippen molar-refractivity contribution in [3.05, 3.63) is 130 Å². The van der Waals surface area contributed by atoms with Gasteiger partial charge in [-0.05, 0) is 28.8 Å². The van der Waals surface area contributed by atoms with Gasteiger partial charge in [0.2, 0.25) is 11.7 Å². The van der Waals surface area contributed by atoms with Gasteiger partial charge in [0.05, 0.1) is 5.69 Å². The molecule has 2 aromatic heterocycles. The fraction of sp³-hybridized carbons (Fsp3) is 0.167. The first-order valence-corrected chi connectivity index (χ1v) is 13.1. The number of rotatable bonds is 9. The molecule has 1 aliphatic heterocycles. The second-order valence-electron chi connectivity index (χ2n) is 9.53. The molecule has 11 heteroatoms. The highest BCUT2D eigenvalue weighted by molar-refractivity contribution is 5.95. The van der Waals surface area contributed by atoms with Gasteiger partial charge in [-0.15, -0.1) is 0 Å². The SMILES string of the molecule is O=C(c1nc2n(c(=O)c1OCc1ccccc1)CCN2)N(Cc1ccccc1)Cc1ccc(F)cc1-n1cncn1. The normalized spacial score (nSPS) is 12.0. The zero-order valence-corrected chi connectivity index (χ0v) is 22.0. The van der Waals surface area contributed by atoms with Crippen LogP contribution in [0.4, 0.5) is 10.3 Å². The first kappa shape index (κ1) is 25.9. The lowest BCUT2D eigenvalue weighted by Gasteiger charge is -2.25. The number of carbonyl (C=O) groups is 1. The van der Waals surface area contributed by atoms with Crippen molar-refractivity contribution in [1.29, 1.82) is 0 Å². The molecule has 0 aliphatic carbocycles. The number of benzene rings is 3. The molecule has 0 spiro atoms. The Hall–Kier alpha value is -5.32. The predicted octanol–water partition coefficient (Wildman–Crippen LogP) is 3.81. The number of nitrogens with zero attached hydrogens (tertiary/aromatic N) is 6. The third-order valence-corrected chi connectivity index (χ3v) is 6.75. The molecule has 1 N–H and O–H groups in total. The van der Waals surface area contributed by atoms with Gasteiger partial charge in [0, 0.05) is 26.2 Å². The molecule has 0 fully saturated rings. The number of halogens is 1. The Morgan fingerprint density at radius 2 is 1.76 bits per heavy atom. The van der Waals surface area contributed by atoms with Gasteiger partial charge in [0.25, 0.3) is 11.5 Å². The molecular formula is C30H26FN7O3. The van der Waals surface area contributed by atoms with Crippen LogP contribution in [0, 0.1) is 5.82 Å². The summed E-state index contributed by atoms with van der Waals surface area (Å²) in [4.78, 5) is 37.9. The molecule has 3 aromatic carbocycles. The average molecular weight is 552 g/mol. The van der Waals surface area contributed by atoms with Crippen LogP contribution in [0.15, 0.2) is 96.3 Å². The predicted molar refractivity (Wildman–Crippen MR) is 149 cm³/mol. The lowest BCUT2D eigenvalue weighted by molar-refractivity contribution is 0.0717. The van der Waals surface area contributed by atoms with Gasteiger partial charge in [-0.3, -0.25) is 14.2 Å². The Morgan fingerprint density at radius 1 is 1.00 bits per heavy atom. The fourth-order valence-corrected chi connectivity index (χ4v) is 4.74. The van der Waals surface area contributed by atoms with Crippen LogP contribution in [0.1, 0.15) is 27.2 Å². The van der Waals surface area contributed by atoms with Crippen LogP contribution in [0.3, 0.4) is 0 Å². The molecule has 0 bridgehead atoms. The zero-order chi connectivity index (χ0) is 28.2. The summed E-state index contributed by atoms with van der Waals surface area (Å²) in [7, 11) is 0. The smallest absolute Gasteiger partial charge is 0.298 e. The number of hydrogen-bond donors (Lipinski definition) is 1. The van der Waals surface area contributed by atoms with E-state index in [-0.39, 0.29) is 31.1 Å². The molecule has 0 radical (unpaired) electrons. The van der Waals surface area contributed by atoms with Crippen molar-refractivity contribution in [1.82, 2.24) is 29.2 Å². The van der Waals surface area contributed by atoms with Gasteiger partial charge in [0.15, 0.2) is 5.69 Å². The highest BCUT2D eigenvalue weighted by Crippen LogP contribution is 2.24. The highest BCUT2D eigenvalue weighted by Gasteiger charge is 2.29. The number of ether oxygens (including phenoxy) is 1. The van der Waals surface area contributed by atoms with Crippen molar-refractivity contribution in [2.75, 3.05) is 11.9 Å². The minimum atomic E-state index is -0.500. The van der Waals surface area contributed by atoms with E-state index in [1.165, 1.54) is 34.0 Å². The van der Waals surface area contributed by atoms with Crippen LogP contribution in [0.5, 0.6) is 5.75 Å². The van der Waals surface area contributed by atoms with E-state index in [0.717, 1.165) is 11.1 Å². The lowest BCUT2D eigenvalue weighted by Crippen LogP contribution is -2.34. The van der Waals surface area contributed by atoms with Crippen LogP contribution in [0.2, 0.25) is 0 Å². The van der Waals surface area contributed by atoms with E-state index in [4.69, 9.17) is 4.74 Å². The minimum Gasteiger partial charge on any atom is -0.481 e. The van der Waals surface area contributed by atoms with Crippen molar-refractivity contribution in [2.45, 2.75) is 26.2 Å². The summed E-state index contributed by atoms with van der Waals surface area (Å²) in [6, 6.07) is 23.1. The quantitative estimate of drug-likeness (QED) is 0.297. The summed E-state index contributed by atoms with van der Waals surface area (Å²) in [6.07, 6.45) is 2.82. The Balaban J connectivity index is 1.41. The summed E-state index contributed by atoms with van der Waals surface area (Å²) in [5, 5.41) is 7.23. The van der Waals surface area contributed by atoms with Crippen molar-refractivity contribution >= 4 is 11.9 Å². The number of carbonyl (C=O) groups excluding carboxylic acids is 1. The first-order valence-electron chi connectivity index (χ1n) is 13.1. The maximum atomic E-state index is 14.3. The van der Waals surface area contributed by atoms with Crippen LogP contribution in [0.25, 0.3) is 5.69 Å². The highest BCUT2D eigenvalue weighted by atomic mass is 19.1. The topological polar surface area (TPSA) is 107 Å². The summed E-state index contributed by atoms with van der Waals surface area (Å²) < 4.78 is 23.2. The molecule has 1 aliphatic rings. The molecule has 0 unspecified atom stereocenters. The van der Waals surface area contributed by atoms with Crippen LogP contribution in [-0.4, -0.2) is 41.7 Å². The van der Waals surface area contributed by atoms with Crippen LogP contribution in [-0.2, 0) is 26.2 Å². The molecule has 206 valence electrons. The van der Waals surface area contributed by atoms with Gasteiger partial charge in [-0.2, -0.15) is 5.10 Å². The largest absolute Gasteiger partial charge is 0.481 e. The number of aromatic nitrogens is 5. The van der Waals surface area contributed by atoms with E-state index in [1.54, 1.807) is 11.0 Å². The van der Waals surface area contributed by atoms with Gasteiger partial charge in [-0.25, -0.2) is 19.0 Å². The number of amides is 1. The van der Waals surface area contributed by atoms with E-state index in [9.17, 15) is 14.0 Å². The van der Waals surface area contributed by atoms with E-state index in [1.807, 2.05) is 60.7 Å². The van der Waals surface area contributed by atoms with E-state index in [0.29, 0.717) is 30.3 Å². The number of fused-ring (bicyclic) bond motifs is 1. The second-order valence-corrected chi connectivity index (χ2v) is 9.53. The van der Waals surface area contributed by atoms with E-state index >= 15 is 0 Å². The summed E-state index contributed by atoms with van der Waals surface area (Å²) in [6.45, 7) is 1.32. The second kappa shape index (κ2) is 11.4. The summed E-state index contributed by atoms with van der Waals surface area (Å²) >= 11 is 0. The zero-order valence-electron chi connectivity index (χ0n) is 22.0. The van der Waals surface area contributed by atoms with Gasteiger partial charge in [0.1, 0.15) is 25.1 Å². The molecule has 10 nitrogen and oxygen atoms in total. The van der Waals surface area contributed by atoms with Crippen LogP contribution < -0.4 is 15.6 Å². The van der Waals surface area contributed by atoms with E-state index < -0.39 is 17.3 Å². The Labute approximate surface area is 234 Å². The Bertz CT molecular complexity index is 1730. The summed E-state index contributed by atoms with van der Waals surface area (Å²) in [5.74, 6) is -0.744. The lowest BCUT2D eigenvalue weighted by atomic mass is 10.1. The average Bonchev–Trinajstić information content (AvgIpc) is 3.71. The fourth-order valence-electron chi connectivity index (χ4n) is 4.74. The number of anilines is 1. The third kappa shape index (κ3) is 5.55. The Kier molecular flexibility index (Phi) is 7.23. The number of nitrogens with one attached hydrogen (secondary N) is 1. The van der Waals surface area contributed by atoms with Crippen LogP contribution >= 0.6 is 0 Å². The van der Waals surface area contributed by atoms with Crippen molar-refractivity contribution in [3.63, 3.8) is 0 Å². The molecule has 41 heavy (non-hydrogen) atoms. The third-order valence-electron chi connectivity index (χ3n) is 6.75. The molecular weight excluding hydrogens is 525 g/mol. The number of hydrogen-bond acceptors (Lipinski definition) is 7. The maximum absolute atomic E-state index is 14.3. The standard InChI is InChI=1S/C30H26FN7O3/c31-24-12-11-23(25(15-24)38-20-32-19-34-38)17-36(16-21-7-3-1-4-8-21)28(39)26-27(41-18-22-9-5-2-6-10-22)29(40)37-14-13-33-30(37)35-26/h1-12,15,19-20H,13-14,16-18H2,(H,33,35). The molecule has 0 atom stereocenters. The molecule has 1 amide bonds. The van der Waals surface area contributed by atoms with Gasteiger partial charge >= 0.3 is 0 Å². The summed E-state index contributed by atoms with van der Waals surface area (Å²) in [5.41, 5.74) is 2.27. The van der Waals surface area contributed by atoms with Crippen molar-refractivity contribution < 1.29 is 13.9 Å². The molecule has 3 heterocycles. The van der Waals surface area contributed by atoms with Crippen molar-refractivity contribution in [2.24, 2.45) is 0 Å². The monoisotopic (exact) mass is 551 g/mol. The molecule has 0 saturated heterocycles. The molecule has 0 saturated carbocycles. The Morgan fingerprint density at radius 3 is 2.49 bits per heavy atom. The minimum absolute atomic E-state index is 0.0782. The van der Waals surface area contributed by atoms with Gasteiger partial charge < -0.3 is 15.0 Å². The molecule has 6 rings (SSSR count).